The van der Waals surface area contributed by atoms with Crippen molar-refractivity contribution in [2.45, 2.75) is 18.4 Å². The van der Waals surface area contributed by atoms with E-state index in [2.05, 4.69) is 15.8 Å². The first-order valence-electron chi connectivity index (χ1n) is 2.81. The molecule has 3 nitrogen and oxygen atoms in total. The minimum absolute atomic E-state index is 0.407. The van der Waals surface area contributed by atoms with Crippen LogP contribution in [-0.4, -0.2) is 19.0 Å². The van der Waals surface area contributed by atoms with E-state index in [9.17, 15) is 0 Å². The number of aliphatic imine (C=N–C) groups is 1. The summed E-state index contributed by atoms with van der Waals surface area (Å²) in [6, 6.07) is 2.11. The zero-order valence-electron chi connectivity index (χ0n) is 5.29. The van der Waals surface area contributed by atoms with Crippen LogP contribution >= 0.6 is 0 Å². The smallest absolute Gasteiger partial charge is 0.170 e. The summed E-state index contributed by atoms with van der Waals surface area (Å²) >= 11 is 0. The molecule has 0 bridgehead atoms. The molecule has 0 heterocycles. The highest BCUT2D eigenvalue weighted by Gasteiger charge is 2.42. The molecule has 0 saturated heterocycles. The van der Waals surface area contributed by atoms with Gasteiger partial charge in [-0.1, -0.05) is 0 Å². The summed E-state index contributed by atoms with van der Waals surface area (Å²) in [6.07, 6.45) is 3.09. The molecule has 0 unspecified atom stereocenters. The monoisotopic (exact) mass is 124 g/mol. The van der Waals surface area contributed by atoms with Crippen LogP contribution in [0.1, 0.15) is 12.8 Å². The van der Waals surface area contributed by atoms with Gasteiger partial charge in [0.05, 0.1) is 13.2 Å². The highest BCUT2D eigenvalue weighted by molar-refractivity contribution is 5.49. The van der Waals surface area contributed by atoms with Gasteiger partial charge in [-0.3, -0.25) is 0 Å². The van der Waals surface area contributed by atoms with E-state index in [-0.39, 0.29) is 0 Å². The molecule has 1 aliphatic rings. The predicted octanol–water partition coefficient (Wildman–Crippen LogP) is 0.717. The topological polar surface area (TPSA) is 45.4 Å². The molecule has 0 amide bonds. The van der Waals surface area contributed by atoms with Crippen LogP contribution in [0.5, 0.6) is 0 Å². The highest BCUT2D eigenvalue weighted by atomic mass is 16.5. The van der Waals surface area contributed by atoms with Gasteiger partial charge < -0.3 is 4.74 Å². The Balaban J connectivity index is 2.45. The lowest BCUT2D eigenvalue weighted by molar-refractivity contribution is 0.419. The second-order valence-electron chi connectivity index (χ2n) is 2.11. The Labute approximate surface area is 54.0 Å². The Hall–Kier alpha value is -1.04. The fourth-order valence-electron chi connectivity index (χ4n) is 0.542. The fraction of sp³-hybridized carbons (Fsp3) is 0.667. The van der Waals surface area contributed by atoms with Gasteiger partial charge in [-0.05, 0) is 12.8 Å². The van der Waals surface area contributed by atoms with Gasteiger partial charge in [0, 0.05) is 0 Å². The molecule has 1 aliphatic carbocycles. The molecule has 1 rings (SSSR count). The van der Waals surface area contributed by atoms with Crippen LogP contribution < -0.4 is 0 Å². The average Bonchev–Trinajstić information content (AvgIpc) is 2.65. The Morgan fingerprint density at radius 1 is 1.78 bits per heavy atom. The Kier molecular flexibility index (Phi) is 1.39. The number of hydrogen-bond acceptors (Lipinski definition) is 3. The largest absolute Gasteiger partial charge is 0.487 e. The van der Waals surface area contributed by atoms with E-state index in [1.165, 1.54) is 13.5 Å². The first-order chi connectivity index (χ1) is 4.33. The van der Waals surface area contributed by atoms with E-state index in [1.54, 1.807) is 0 Å². The van der Waals surface area contributed by atoms with Gasteiger partial charge in [0.2, 0.25) is 0 Å². The van der Waals surface area contributed by atoms with Gasteiger partial charge in [0.1, 0.15) is 5.54 Å². The summed E-state index contributed by atoms with van der Waals surface area (Å²) in [7, 11) is 1.52. The van der Waals surface area contributed by atoms with Crippen molar-refractivity contribution in [3.63, 3.8) is 0 Å². The van der Waals surface area contributed by atoms with Gasteiger partial charge in [-0.2, -0.15) is 5.26 Å². The van der Waals surface area contributed by atoms with Gasteiger partial charge in [-0.15, -0.1) is 0 Å². The third-order valence-corrected chi connectivity index (χ3v) is 1.34. The van der Waals surface area contributed by atoms with Crippen molar-refractivity contribution in [2.24, 2.45) is 4.99 Å². The number of ether oxygens (including phenoxy) is 1. The van der Waals surface area contributed by atoms with Crippen molar-refractivity contribution in [1.29, 1.82) is 5.26 Å². The number of methoxy groups -OCH3 is 1. The van der Waals surface area contributed by atoms with Crippen LogP contribution in [-0.2, 0) is 4.74 Å². The zero-order chi connectivity index (χ0) is 6.74. The molecule has 1 saturated carbocycles. The molecule has 0 N–H and O–H groups in total. The van der Waals surface area contributed by atoms with Crippen LogP contribution in [0.3, 0.4) is 0 Å². The Morgan fingerprint density at radius 3 is 2.78 bits per heavy atom. The van der Waals surface area contributed by atoms with Crippen molar-refractivity contribution in [3.05, 3.63) is 0 Å². The second-order valence-corrected chi connectivity index (χ2v) is 2.11. The van der Waals surface area contributed by atoms with E-state index >= 15 is 0 Å². The maximum absolute atomic E-state index is 8.46. The first kappa shape index (κ1) is 6.09. The van der Waals surface area contributed by atoms with Crippen molar-refractivity contribution in [3.8, 4) is 6.07 Å². The van der Waals surface area contributed by atoms with Gasteiger partial charge in [0.15, 0.2) is 6.40 Å². The summed E-state index contributed by atoms with van der Waals surface area (Å²) in [5, 5.41) is 8.46. The zero-order valence-corrected chi connectivity index (χ0v) is 5.29. The fourth-order valence-corrected chi connectivity index (χ4v) is 0.542. The van der Waals surface area contributed by atoms with Crippen LogP contribution in [0.15, 0.2) is 4.99 Å². The van der Waals surface area contributed by atoms with Crippen molar-refractivity contribution in [1.82, 2.24) is 0 Å². The SMILES string of the molecule is COC=NC1(C#N)CC1. The van der Waals surface area contributed by atoms with Crippen molar-refractivity contribution < 1.29 is 4.74 Å². The summed E-state index contributed by atoms with van der Waals surface area (Å²) in [4.78, 5) is 3.90. The lowest BCUT2D eigenvalue weighted by Crippen LogP contribution is -1.99. The van der Waals surface area contributed by atoms with E-state index < -0.39 is 5.54 Å². The molecule has 0 atom stereocenters. The Morgan fingerprint density at radius 2 is 2.44 bits per heavy atom. The van der Waals surface area contributed by atoms with Crippen molar-refractivity contribution >= 4 is 6.40 Å². The van der Waals surface area contributed by atoms with Crippen molar-refractivity contribution in [2.75, 3.05) is 7.11 Å². The number of rotatable bonds is 2. The number of nitrogens with zero attached hydrogens (tertiary/aromatic N) is 2. The van der Waals surface area contributed by atoms with Crippen LogP contribution in [0.4, 0.5) is 0 Å². The van der Waals surface area contributed by atoms with Gasteiger partial charge >= 0.3 is 0 Å². The molecule has 0 aromatic rings. The summed E-state index contributed by atoms with van der Waals surface area (Å²) in [5.41, 5.74) is -0.407. The third kappa shape index (κ3) is 1.20. The lowest BCUT2D eigenvalue weighted by Gasteiger charge is -1.92. The molecule has 48 valence electrons. The molecular weight excluding hydrogens is 116 g/mol. The quantitative estimate of drug-likeness (QED) is 0.402. The van der Waals surface area contributed by atoms with Crippen LogP contribution in [0.2, 0.25) is 0 Å². The van der Waals surface area contributed by atoms with Gasteiger partial charge in [0.25, 0.3) is 0 Å². The molecule has 1 fully saturated rings. The van der Waals surface area contributed by atoms with E-state index in [0.717, 1.165) is 12.8 Å². The second kappa shape index (κ2) is 2.06. The van der Waals surface area contributed by atoms with E-state index in [1.807, 2.05) is 0 Å². The van der Waals surface area contributed by atoms with Crippen LogP contribution in [0, 0.1) is 11.3 Å². The molecular formula is C6H8N2O. The summed E-state index contributed by atoms with van der Waals surface area (Å²) in [5.74, 6) is 0. The number of hydrogen-bond donors (Lipinski definition) is 0. The summed E-state index contributed by atoms with van der Waals surface area (Å²) in [6.45, 7) is 0. The average molecular weight is 124 g/mol. The Bertz CT molecular complexity index is 164. The maximum Gasteiger partial charge on any atom is 0.170 e. The minimum atomic E-state index is -0.407. The highest BCUT2D eigenvalue weighted by Crippen LogP contribution is 2.38. The molecule has 9 heavy (non-hydrogen) atoms. The molecule has 0 spiro atoms. The van der Waals surface area contributed by atoms with E-state index in [0.29, 0.717) is 0 Å². The molecule has 0 aromatic carbocycles. The maximum atomic E-state index is 8.46. The number of nitriles is 1. The third-order valence-electron chi connectivity index (χ3n) is 1.34. The summed E-state index contributed by atoms with van der Waals surface area (Å²) < 4.78 is 4.58. The van der Waals surface area contributed by atoms with E-state index in [4.69, 9.17) is 5.26 Å². The molecule has 0 aromatic heterocycles. The standard InChI is InChI=1S/C6H8N2O/c1-9-5-8-6(4-7)2-3-6/h5H,2-3H2,1H3. The first-order valence-corrected chi connectivity index (χ1v) is 2.81. The van der Waals surface area contributed by atoms with Gasteiger partial charge in [-0.25, -0.2) is 4.99 Å². The molecule has 0 radical (unpaired) electrons. The molecule has 0 aliphatic heterocycles. The molecule has 3 heteroatoms. The predicted molar refractivity (Wildman–Crippen MR) is 33.1 cm³/mol. The normalized spacial score (nSPS) is 21.3. The minimum Gasteiger partial charge on any atom is -0.487 e. The van der Waals surface area contributed by atoms with Crippen LogP contribution in [0.25, 0.3) is 0 Å². The lowest BCUT2D eigenvalue weighted by atomic mass is 10.3.